The summed E-state index contributed by atoms with van der Waals surface area (Å²) < 4.78 is 10.7. The van der Waals surface area contributed by atoms with E-state index in [2.05, 4.69) is 36.4 Å². The van der Waals surface area contributed by atoms with Gasteiger partial charge in [0.1, 0.15) is 11.5 Å². The number of methoxy groups -OCH3 is 2. The van der Waals surface area contributed by atoms with Gasteiger partial charge in [0.15, 0.2) is 0 Å². The van der Waals surface area contributed by atoms with Crippen molar-refractivity contribution in [1.29, 1.82) is 0 Å². The molecule has 1 saturated carbocycles. The molecule has 3 rings (SSSR count). The van der Waals surface area contributed by atoms with Crippen LogP contribution in [-0.2, 0) is 0 Å². The van der Waals surface area contributed by atoms with Gasteiger partial charge in [0, 0.05) is 6.07 Å². The highest BCUT2D eigenvalue weighted by molar-refractivity contribution is 5.47. The highest BCUT2D eigenvalue weighted by atomic mass is 16.5. The second kappa shape index (κ2) is 4.96. The molecule has 1 aliphatic rings. The van der Waals surface area contributed by atoms with Crippen LogP contribution in [0.25, 0.3) is 0 Å². The highest BCUT2D eigenvalue weighted by Gasteiger charge is 2.40. The summed E-state index contributed by atoms with van der Waals surface area (Å²) in [6, 6.07) is 16.8. The average Bonchev–Trinajstić information content (AvgIpc) is 3.27. The van der Waals surface area contributed by atoms with Gasteiger partial charge in [-0.1, -0.05) is 36.4 Å². The lowest BCUT2D eigenvalue weighted by Gasteiger charge is -2.10. The normalized spacial score (nSPS) is 20.9. The Bertz CT molecular complexity index is 563. The van der Waals surface area contributed by atoms with E-state index in [0.717, 1.165) is 11.5 Å². The second-order valence-electron chi connectivity index (χ2n) is 4.97. The molecular weight excluding hydrogens is 236 g/mol. The van der Waals surface area contributed by atoms with E-state index in [-0.39, 0.29) is 0 Å². The smallest absolute Gasteiger partial charge is 0.126 e. The summed E-state index contributed by atoms with van der Waals surface area (Å²) in [5.74, 6) is 2.98. The fourth-order valence-corrected chi connectivity index (χ4v) is 2.73. The van der Waals surface area contributed by atoms with Crippen LogP contribution in [-0.4, -0.2) is 14.2 Å². The van der Waals surface area contributed by atoms with Gasteiger partial charge in [-0.3, -0.25) is 0 Å². The maximum absolute atomic E-state index is 5.49. The SMILES string of the molecule is COc1ccc(C2CC2c2ccccc2)c(OC)c1. The molecule has 2 heteroatoms. The molecule has 0 N–H and O–H groups in total. The Kier molecular flexibility index (Phi) is 3.16. The van der Waals surface area contributed by atoms with Gasteiger partial charge in [0.05, 0.1) is 14.2 Å². The largest absolute Gasteiger partial charge is 0.497 e. The zero-order valence-corrected chi connectivity index (χ0v) is 11.3. The monoisotopic (exact) mass is 254 g/mol. The molecule has 19 heavy (non-hydrogen) atoms. The van der Waals surface area contributed by atoms with Crippen molar-refractivity contribution in [2.45, 2.75) is 18.3 Å². The molecule has 1 aliphatic carbocycles. The molecule has 2 aromatic carbocycles. The van der Waals surface area contributed by atoms with Crippen LogP contribution in [0, 0.1) is 0 Å². The van der Waals surface area contributed by atoms with E-state index >= 15 is 0 Å². The lowest BCUT2D eigenvalue weighted by molar-refractivity contribution is 0.391. The molecule has 0 aliphatic heterocycles. The molecule has 0 saturated heterocycles. The van der Waals surface area contributed by atoms with Crippen LogP contribution < -0.4 is 9.47 Å². The molecular formula is C17H18O2. The predicted octanol–water partition coefficient (Wildman–Crippen LogP) is 3.97. The third-order valence-electron chi connectivity index (χ3n) is 3.86. The molecule has 0 spiro atoms. The first-order chi connectivity index (χ1) is 9.33. The van der Waals surface area contributed by atoms with Crippen molar-refractivity contribution < 1.29 is 9.47 Å². The number of rotatable bonds is 4. The van der Waals surface area contributed by atoms with Crippen molar-refractivity contribution in [3.8, 4) is 11.5 Å². The fourth-order valence-electron chi connectivity index (χ4n) is 2.73. The minimum atomic E-state index is 0.572. The van der Waals surface area contributed by atoms with Crippen LogP contribution in [0.1, 0.15) is 29.4 Å². The first kappa shape index (κ1) is 12.1. The Labute approximate surface area is 114 Å². The van der Waals surface area contributed by atoms with E-state index in [4.69, 9.17) is 9.47 Å². The van der Waals surface area contributed by atoms with E-state index < -0.39 is 0 Å². The molecule has 98 valence electrons. The van der Waals surface area contributed by atoms with E-state index in [9.17, 15) is 0 Å². The fraction of sp³-hybridized carbons (Fsp3) is 0.294. The summed E-state index contributed by atoms with van der Waals surface area (Å²) in [4.78, 5) is 0. The van der Waals surface area contributed by atoms with Gasteiger partial charge in [-0.2, -0.15) is 0 Å². The third-order valence-corrected chi connectivity index (χ3v) is 3.86. The van der Waals surface area contributed by atoms with Gasteiger partial charge in [0.2, 0.25) is 0 Å². The Morgan fingerprint density at radius 3 is 2.37 bits per heavy atom. The topological polar surface area (TPSA) is 18.5 Å². The van der Waals surface area contributed by atoms with Crippen molar-refractivity contribution in [3.05, 3.63) is 59.7 Å². The predicted molar refractivity (Wildman–Crippen MR) is 76.1 cm³/mol. The minimum absolute atomic E-state index is 0.572. The third kappa shape index (κ3) is 2.30. The summed E-state index contributed by atoms with van der Waals surface area (Å²) in [5, 5.41) is 0. The van der Waals surface area contributed by atoms with Crippen LogP contribution in [0.15, 0.2) is 48.5 Å². The molecule has 0 bridgehead atoms. The van der Waals surface area contributed by atoms with Gasteiger partial charge >= 0.3 is 0 Å². The van der Waals surface area contributed by atoms with E-state index in [1.807, 2.05) is 12.1 Å². The van der Waals surface area contributed by atoms with Gasteiger partial charge in [-0.25, -0.2) is 0 Å². The van der Waals surface area contributed by atoms with Gasteiger partial charge in [0.25, 0.3) is 0 Å². The van der Waals surface area contributed by atoms with Crippen molar-refractivity contribution >= 4 is 0 Å². The van der Waals surface area contributed by atoms with Crippen molar-refractivity contribution in [2.75, 3.05) is 14.2 Å². The molecule has 0 heterocycles. The summed E-state index contributed by atoms with van der Waals surface area (Å²) in [5.41, 5.74) is 2.71. The molecule has 1 fully saturated rings. The number of hydrogen-bond acceptors (Lipinski definition) is 2. The van der Waals surface area contributed by atoms with Crippen molar-refractivity contribution in [3.63, 3.8) is 0 Å². The summed E-state index contributed by atoms with van der Waals surface area (Å²) in [7, 11) is 3.40. The molecule has 2 nitrogen and oxygen atoms in total. The second-order valence-corrected chi connectivity index (χ2v) is 4.97. The molecule has 2 aromatic rings. The van der Waals surface area contributed by atoms with Crippen LogP contribution >= 0.6 is 0 Å². The van der Waals surface area contributed by atoms with E-state index in [1.54, 1.807) is 14.2 Å². The average molecular weight is 254 g/mol. The van der Waals surface area contributed by atoms with E-state index in [0.29, 0.717) is 11.8 Å². The molecule has 0 aromatic heterocycles. The van der Waals surface area contributed by atoms with Crippen LogP contribution in [0.3, 0.4) is 0 Å². The van der Waals surface area contributed by atoms with Crippen molar-refractivity contribution in [1.82, 2.24) is 0 Å². The Morgan fingerprint density at radius 1 is 0.895 bits per heavy atom. The Hall–Kier alpha value is -1.96. The molecule has 0 amide bonds. The zero-order chi connectivity index (χ0) is 13.2. The molecule has 0 radical (unpaired) electrons. The standard InChI is InChI=1S/C17H18O2/c1-18-13-8-9-14(17(10-13)19-2)16-11-15(16)12-6-4-3-5-7-12/h3-10,15-16H,11H2,1-2H3. The summed E-state index contributed by atoms with van der Waals surface area (Å²) in [6.45, 7) is 0. The highest BCUT2D eigenvalue weighted by Crippen LogP contribution is 2.56. The number of hydrogen-bond donors (Lipinski definition) is 0. The first-order valence-corrected chi connectivity index (χ1v) is 6.60. The minimum Gasteiger partial charge on any atom is -0.497 e. The lowest BCUT2D eigenvalue weighted by atomic mass is 10.0. The summed E-state index contributed by atoms with van der Waals surface area (Å²) >= 11 is 0. The quantitative estimate of drug-likeness (QED) is 0.821. The zero-order valence-electron chi connectivity index (χ0n) is 11.3. The number of benzene rings is 2. The molecule has 2 atom stereocenters. The maximum Gasteiger partial charge on any atom is 0.126 e. The Balaban J connectivity index is 1.85. The lowest BCUT2D eigenvalue weighted by Crippen LogP contribution is -1.93. The van der Waals surface area contributed by atoms with Gasteiger partial charge in [-0.15, -0.1) is 0 Å². The number of ether oxygens (including phenoxy) is 2. The van der Waals surface area contributed by atoms with Crippen LogP contribution in [0.2, 0.25) is 0 Å². The summed E-state index contributed by atoms with van der Waals surface area (Å²) in [6.07, 6.45) is 1.20. The first-order valence-electron chi connectivity index (χ1n) is 6.60. The molecule has 2 unspecified atom stereocenters. The van der Waals surface area contributed by atoms with Gasteiger partial charge < -0.3 is 9.47 Å². The van der Waals surface area contributed by atoms with E-state index in [1.165, 1.54) is 17.5 Å². The van der Waals surface area contributed by atoms with Crippen molar-refractivity contribution in [2.24, 2.45) is 0 Å². The van der Waals surface area contributed by atoms with Gasteiger partial charge in [-0.05, 0) is 35.4 Å². The van der Waals surface area contributed by atoms with Crippen LogP contribution in [0.4, 0.5) is 0 Å². The maximum atomic E-state index is 5.49. The van der Waals surface area contributed by atoms with Crippen LogP contribution in [0.5, 0.6) is 11.5 Å². The Morgan fingerprint density at radius 2 is 1.68 bits per heavy atom.